The average Bonchev–Trinajstić information content (AvgIpc) is 3.21. The molecule has 2 aliphatic rings. The van der Waals surface area contributed by atoms with E-state index in [1.54, 1.807) is 6.20 Å². The molecule has 2 heterocycles. The second kappa shape index (κ2) is 5.81. The van der Waals surface area contributed by atoms with E-state index < -0.39 is 0 Å². The van der Waals surface area contributed by atoms with Gasteiger partial charge in [0.05, 0.1) is 6.04 Å². The normalized spacial score (nSPS) is 27.9. The topological polar surface area (TPSA) is 52.2 Å². The Bertz CT molecular complexity index is 670. The number of piperazine rings is 1. The van der Waals surface area contributed by atoms with E-state index in [0.29, 0.717) is 11.8 Å². The molecule has 1 saturated heterocycles. The Morgan fingerprint density at radius 2 is 2.09 bits per heavy atom. The van der Waals surface area contributed by atoms with Gasteiger partial charge in [-0.25, -0.2) is 4.98 Å². The summed E-state index contributed by atoms with van der Waals surface area (Å²) in [6, 6.07) is 10.6. The first-order chi connectivity index (χ1) is 11.2. The van der Waals surface area contributed by atoms with Gasteiger partial charge in [0.2, 0.25) is 5.91 Å². The molecule has 2 aromatic rings. The lowest BCUT2D eigenvalue weighted by atomic mass is 10.1. The zero-order valence-electron chi connectivity index (χ0n) is 13.4. The minimum atomic E-state index is 0.164. The van der Waals surface area contributed by atoms with Gasteiger partial charge in [-0.05, 0) is 24.9 Å². The monoisotopic (exact) mass is 310 g/mol. The predicted octanol–water partition coefficient (Wildman–Crippen LogP) is 2.03. The van der Waals surface area contributed by atoms with E-state index in [4.69, 9.17) is 0 Å². The zero-order valence-corrected chi connectivity index (χ0v) is 13.4. The van der Waals surface area contributed by atoms with Crippen molar-refractivity contribution in [1.82, 2.24) is 19.8 Å². The number of rotatable bonds is 3. The third kappa shape index (κ3) is 2.77. The van der Waals surface area contributed by atoms with Crippen LogP contribution < -0.4 is 0 Å². The molecule has 5 heteroatoms. The van der Waals surface area contributed by atoms with Gasteiger partial charge in [-0.3, -0.25) is 9.69 Å². The van der Waals surface area contributed by atoms with Crippen molar-refractivity contribution in [3.8, 4) is 0 Å². The van der Waals surface area contributed by atoms with Gasteiger partial charge in [0.15, 0.2) is 0 Å². The van der Waals surface area contributed by atoms with Crippen LogP contribution in [0.3, 0.4) is 0 Å². The van der Waals surface area contributed by atoms with Gasteiger partial charge in [0, 0.05) is 37.9 Å². The van der Waals surface area contributed by atoms with Crippen molar-refractivity contribution in [2.45, 2.75) is 18.4 Å². The second-order valence-electron chi connectivity index (χ2n) is 6.61. The molecule has 0 bridgehead atoms. The van der Waals surface area contributed by atoms with E-state index >= 15 is 0 Å². The maximum atomic E-state index is 12.8. The van der Waals surface area contributed by atoms with Crippen molar-refractivity contribution in [2.75, 3.05) is 26.7 Å². The minimum Gasteiger partial charge on any atom is -0.347 e. The smallest absolute Gasteiger partial charge is 0.226 e. The third-order valence-corrected chi connectivity index (χ3v) is 5.13. The molecule has 1 aromatic heterocycles. The van der Waals surface area contributed by atoms with Crippen LogP contribution in [0, 0.1) is 5.92 Å². The fourth-order valence-electron chi connectivity index (χ4n) is 3.60. The molecule has 0 unspecified atom stereocenters. The average molecular weight is 310 g/mol. The maximum absolute atomic E-state index is 12.8. The molecular weight excluding hydrogens is 288 g/mol. The molecule has 1 aliphatic carbocycles. The molecule has 0 spiro atoms. The molecule has 1 N–H and O–H groups in total. The highest BCUT2D eigenvalue weighted by Crippen LogP contribution is 2.48. The molecule has 1 aliphatic heterocycles. The van der Waals surface area contributed by atoms with Crippen molar-refractivity contribution >= 4 is 5.91 Å². The van der Waals surface area contributed by atoms with Crippen LogP contribution in [0.25, 0.3) is 0 Å². The van der Waals surface area contributed by atoms with Crippen molar-refractivity contribution in [2.24, 2.45) is 5.92 Å². The molecule has 1 saturated carbocycles. The number of imidazole rings is 1. The number of carbonyl (C=O) groups is 1. The number of benzene rings is 1. The Morgan fingerprint density at radius 1 is 1.26 bits per heavy atom. The number of aromatic amines is 1. The van der Waals surface area contributed by atoms with Crippen LogP contribution in [-0.4, -0.2) is 52.4 Å². The number of hydrogen-bond donors (Lipinski definition) is 1. The standard InChI is InChI=1S/C18H22N4O/c1-21-9-10-22(12-16(21)17-19-7-8-20-17)18(23)15-11-14(15)13-5-3-2-4-6-13/h2-8,14-16H,9-12H2,1H3,(H,19,20)/t14-,15+,16-/m0/s1. The van der Waals surface area contributed by atoms with Crippen LogP contribution >= 0.6 is 0 Å². The third-order valence-electron chi connectivity index (χ3n) is 5.13. The fourth-order valence-corrected chi connectivity index (χ4v) is 3.60. The first-order valence-electron chi connectivity index (χ1n) is 8.27. The fraction of sp³-hybridized carbons (Fsp3) is 0.444. The van der Waals surface area contributed by atoms with Crippen LogP contribution in [0.15, 0.2) is 42.7 Å². The van der Waals surface area contributed by atoms with E-state index in [0.717, 1.165) is 31.9 Å². The quantitative estimate of drug-likeness (QED) is 0.944. The van der Waals surface area contributed by atoms with E-state index in [9.17, 15) is 4.79 Å². The van der Waals surface area contributed by atoms with Crippen LogP contribution in [0.2, 0.25) is 0 Å². The summed E-state index contributed by atoms with van der Waals surface area (Å²) in [6.07, 6.45) is 4.60. The van der Waals surface area contributed by atoms with Crippen LogP contribution in [0.4, 0.5) is 0 Å². The Hall–Kier alpha value is -2.14. The highest BCUT2D eigenvalue weighted by molar-refractivity contribution is 5.83. The van der Waals surface area contributed by atoms with Gasteiger partial charge in [-0.15, -0.1) is 0 Å². The van der Waals surface area contributed by atoms with Crippen LogP contribution in [-0.2, 0) is 4.79 Å². The summed E-state index contributed by atoms with van der Waals surface area (Å²) in [5.74, 6) is 1.83. The number of carbonyl (C=O) groups excluding carboxylic acids is 1. The lowest BCUT2D eigenvalue weighted by molar-refractivity contribution is -0.135. The second-order valence-corrected chi connectivity index (χ2v) is 6.61. The Morgan fingerprint density at radius 3 is 2.83 bits per heavy atom. The summed E-state index contributed by atoms with van der Waals surface area (Å²) < 4.78 is 0. The lowest BCUT2D eigenvalue weighted by Gasteiger charge is -2.38. The minimum absolute atomic E-state index is 0.164. The summed E-state index contributed by atoms with van der Waals surface area (Å²) in [5.41, 5.74) is 1.29. The highest BCUT2D eigenvalue weighted by Gasteiger charge is 2.46. The first-order valence-corrected chi connectivity index (χ1v) is 8.27. The maximum Gasteiger partial charge on any atom is 0.226 e. The summed E-state index contributed by atoms with van der Waals surface area (Å²) in [4.78, 5) is 24.7. The molecule has 120 valence electrons. The summed E-state index contributed by atoms with van der Waals surface area (Å²) in [5, 5.41) is 0. The molecule has 5 nitrogen and oxygen atoms in total. The molecule has 3 atom stereocenters. The van der Waals surface area contributed by atoms with Gasteiger partial charge in [-0.2, -0.15) is 0 Å². The number of hydrogen-bond acceptors (Lipinski definition) is 3. The lowest BCUT2D eigenvalue weighted by Crippen LogP contribution is -2.49. The number of amides is 1. The molecule has 2 fully saturated rings. The van der Waals surface area contributed by atoms with Crippen molar-refractivity contribution in [3.05, 3.63) is 54.1 Å². The van der Waals surface area contributed by atoms with Gasteiger partial charge in [0.25, 0.3) is 0 Å². The van der Waals surface area contributed by atoms with E-state index in [1.807, 2.05) is 17.2 Å². The van der Waals surface area contributed by atoms with Gasteiger partial charge >= 0.3 is 0 Å². The summed E-state index contributed by atoms with van der Waals surface area (Å²) in [6.45, 7) is 2.42. The molecule has 23 heavy (non-hydrogen) atoms. The Balaban J connectivity index is 1.43. The molecular formula is C18H22N4O. The Labute approximate surface area is 136 Å². The van der Waals surface area contributed by atoms with Crippen molar-refractivity contribution in [3.63, 3.8) is 0 Å². The van der Waals surface area contributed by atoms with E-state index in [2.05, 4.69) is 46.2 Å². The zero-order chi connectivity index (χ0) is 15.8. The van der Waals surface area contributed by atoms with E-state index in [-0.39, 0.29) is 12.0 Å². The van der Waals surface area contributed by atoms with Crippen molar-refractivity contribution in [1.29, 1.82) is 0 Å². The molecule has 1 aromatic carbocycles. The van der Waals surface area contributed by atoms with Crippen LogP contribution in [0.5, 0.6) is 0 Å². The number of aromatic nitrogens is 2. The largest absolute Gasteiger partial charge is 0.347 e. The van der Waals surface area contributed by atoms with Gasteiger partial charge in [-0.1, -0.05) is 30.3 Å². The van der Waals surface area contributed by atoms with Crippen molar-refractivity contribution < 1.29 is 4.79 Å². The van der Waals surface area contributed by atoms with Crippen LogP contribution in [0.1, 0.15) is 29.8 Å². The SMILES string of the molecule is CN1CCN(C(=O)[C@@H]2C[C@H]2c2ccccc2)C[C@H]1c1ncc[nH]1. The molecule has 1 amide bonds. The molecule has 4 rings (SSSR count). The number of H-pyrrole nitrogens is 1. The van der Waals surface area contributed by atoms with Gasteiger partial charge < -0.3 is 9.88 Å². The molecule has 0 radical (unpaired) electrons. The Kier molecular flexibility index (Phi) is 3.65. The number of likely N-dealkylation sites (N-methyl/N-ethyl adjacent to an activating group) is 1. The number of nitrogens with zero attached hydrogens (tertiary/aromatic N) is 3. The summed E-state index contributed by atoms with van der Waals surface area (Å²) in [7, 11) is 2.10. The number of nitrogens with one attached hydrogen (secondary N) is 1. The summed E-state index contributed by atoms with van der Waals surface area (Å²) >= 11 is 0. The van der Waals surface area contributed by atoms with E-state index in [1.165, 1.54) is 5.56 Å². The first kappa shape index (κ1) is 14.5. The van der Waals surface area contributed by atoms with Gasteiger partial charge in [0.1, 0.15) is 5.82 Å². The predicted molar refractivity (Wildman–Crippen MR) is 87.8 cm³/mol. The highest BCUT2D eigenvalue weighted by atomic mass is 16.2.